The van der Waals surface area contributed by atoms with Crippen LogP contribution in [0.3, 0.4) is 0 Å². The van der Waals surface area contributed by atoms with Gasteiger partial charge in [0.05, 0.1) is 13.5 Å². The summed E-state index contributed by atoms with van der Waals surface area (Å²) in [6.45, 7) is 0. The fourth-order valence-corrected chi connectivity index (χ4v) is 1.30. The lowest BCUT2D eigenvalue weighted by Crippen LogP contribution is -2.03. The van der Waals surface area contributed by atoms with Gasteiger partial charge in [-0.2, -0.15) is 0 Å². The minimum absolute atomic E-state index is 0.0851. The summed E-state index contributed by atoms with van der Waals surface area (Å²) < 4.78 is 4.45. The van der Waals surface area contributed by atoms with E-state index in [1.807, 2.05) is 36.4 Å². The summed E-state index contributed by atoms with van der Waals surface area (Å²) >= 11 is 0. The third-order valence-electron chi connectivity index (χ3n) is 2.28. The van der Waals surface area contributed by atoms with E-state index in [0.717, 1.165) is 5.56 Å². The Morgan fingerprint density at radius 2 is 1.83 bits per heavy atom. The van der Waals surface area contributed by atoms with Gasteiger partial charge in [0.2, 0.25) is 0 Å². The molecule has 3 nitrogen and oxygen atoms in total. The van der Waals surface area contributed by atoms with Crippen molar-refractivity contribution in [3.63, 3.8) is 0 Å². The van der Waals surface area contributed by atoms with E-state index in [4.69, 9.17) is 0 Å². The molecule has 0 aliphatic rings. The molecule has 0 aromatic heterocycles. The zero-order valence-electron chi connectivity index (χ0n) is 10.3. The first-order valence-electron chi connectivity index (χ1n) is 5.72. The molecule has 94 valence electrons. The van der Waals surface area contributed by atoms with Crippen molar-refractivity contribution in [3.8, 4) is 0 Å². The lowest BCUT2D eigenvalue weighted by molar-refractivity contribution is -0.141. The molecule has 0 bridgehead atoms. The van der Waals surface area contributed by atoms with Crippen molar-refractivity contribution in [3.05, 3.63) is 54.1 Å². The van der Waals surface area contributed by atoms with E-state index in [2.05, 4.69) is 4.74 Å². The zero-order valence-corrected chi connectivity index (χ0v) is 10.3. The summed E-state index contributed by atoms with van der Waals surface area (Å²) in [5.41, 5.74) is 1.07. The van der Waals surface area contributed by atoms with Gasteiger partial charge in [0.1, 0.15) is 0 Å². The van der Waals surface area contributed by atoms with Crippen molar-refractivity contribution in [2.75, 3.05) is 7.11 Å². The predicted octanol–water partition coefficient (Wildman–Crippen LogP) is 2.78. The zero-order chi connectivity index (χ0) is 13.2. The standard InChI is InChI=1S/C15H16O3/c1-18-15(17)12-11-14(16)10-6-5-9-13-7-3-2-4-8-13/h2-10H,11-12H2,1H3. The van der Waals surface area contributed by atoms with Crippen LogP contribution in [-0.4, -0.2) is 18.9 Å². The van der Waals surface area contributed by atoms with Crippen molar-refractivity contribution in [1.29, 1.82) is 0 Å². The molecule has 0 N–H and O–H groups in total. The molecule has 0 unspecified atom stereocenters. The molecule has 1 rings (SSSR count). The molecule has 0 saturated heterocycles. The Morgan fingerprint density at radius 1 is 1.11 bits per heavy atom. The topological polar surface area (TPSA) is 43.4 Å². The van der Waals surface area contributed by atoms with E-state index in [1.165, 1.54) is 13.2 Å². The van der Waals surface area contributed by atoms with E-state index in [1.54, 1.807) is 12.2 Å². The van der Waals surface area contributed by atoms with Gasteiger partial charge in [0.25, 0.3) is 0 Å². The highest BCUT2D eigenvalue weighted by molar-refractivity contribution is 5.92. The summed E-state index contributed by atoms with van der Waals surface area (Å²) in [4.78, 5) is 22.2. The highest BCUT2D eigenvalue weighted by atomic mass is 16.5. The molecule has 3 heteroatoms. The lowest BCUT2D eigenvalue weighted by atomic mass is 10.2. The molecule has 1 aromatic rings. The summed E-state index contributed by atoms with van der Waals surface area (Å²) in [5.74, 6) is -0.449. The van der Waals surface area contributed by atoms with Gasteiger partial charge in [-0.25, -0.2) is 0 Å². The van der Waals surface area contributed by atoms with Crippen LogP contribution in [0.4, 0.5) is 0 Å². The minimum atomic E-state index is -0.364. The summed E-state index contributed by atoms with van der Waals surface area (Å²) in [7, 11) is 1.31. The van der Waals surface area contributed by atoms with Gasteiger partial charge in [-0.3, -0.25) is 9.59 Å². The number of hydrogen-bond acceptors (Lipinski definition) is 3. The van der Waals surface area contributed by atoms with Crippen LogP contribution in [-0.2, 0) is 14.3 Å². The second-order valence-corrected chi connectivity index (χ2v) is 3.67. The molecule has 18 heavy (non-hydrogen) atoms. The molecular formula is C15H16O3. The fraction of sp³-hybridized carbons (Fsp3) is 0.200. The highest BCUT2D eigenvalue weighted by Crippen LogP contribution is 2.01. The van der Waals surface area contributed by atoms with Crippen LogP contribution in [0.2, 0.25) is 0 Å². The van der Waals surface area contributed by atoms with Crippen LogP contribution in [0, 0.1) is 0 Å². The number of benzene rings is 1. The Hall–Kier alpha value is -2.16. The largest absolute Gasteiger partial charge is 0.469 e. The van der Waals surface area contributed by atoms with Gasteiger partial charge in [0, 0.05) is 6.42 Å². The van der Waals surface area contributed by atoms with E-state index in [-0.39, 0.29) is 24.6 Å². The monoisotopic (exact) mass is 244 g/mol. The SMILES string of the molecule is COC(=O)CCC(=O)C=CC=Cc1ccccc1. The van der Waals surface area contributed by atoms with Gasteiger partial charge in [0.15, 0.2) is 5.78 Å². The molecule has 0 heterocycles. The van der Waals surface area contributed by atoms with Gasteiger partial charge in [-0.1, -0.05) is 48.6 Å². The molecule has 0 radical (unpaired) electrons. The average molecular weight is 244 g/mol. The van der Waals surface area contributed by atoms with Crippen molar-refractivity contribution in [2.45, 2.75) is 12.8 Å². The second-order valence-electron chi connectivity index (χ2n) is 3.67. The van der Waals surface area contributed by atoms with Crippen molar-refractivity contribution in [1.82, 2.24) is 0 Å². The number of esters is 1. The van der Waals surface area contributed by atoms with Crippen molar-refractivity contribution >= 4 is 17.8 Å². The van der Waals surface area contributed by atoms with Crippen LogP contribution < -0.4 is 0 Å². The molecule has 0 aliphatic heterocycles. The van der Waals surface area contributed by atoms with E-state index in [0.29, 0.717) is 0 Å². The third kappa shape index (κ3) is 5.80. The number of carbonyl (C=O) groups excluding carboxylic acids is 2. The van der Waals surface area contributed by atoms with Gasteiger partial charge >= 0.3 is 5.97 Å². The quantitative estimate of drug-likeness (QED) is 0.439. The first kappa shape index (κ1) is 13.9. The normalized spacial score (nSPS) is 10.9. The Kier molecular flexibility index (Phi) is 6.19. The van der Waals surface area contributed by atoms with Crippen LogP contribution in [0.25, 0.3) is 6.08 Å². The van der Waals surface area contributed by atoms with Gasteiger partial charge < -0.3 is 4.74 Å². The number of rotatable bonds is 6. The smallest absolute Gasteiger partial charge is 0.305 e. The minimum Gasteiger partial charge on any atom is -0.469 e. The maximum atomic E-state index is 11.3. The van der Waals surface area contributed by atoms with Crippen molar-refractivity contribution in [2.24, 2.45) is 0 Å². The average Bonchev–Trinajstić information content (AvgIpc) is 2.42. The van der Waals surface area contributed by atoms with Crippen LogP contribution in [0.1, 0.15) is 18.4 Å². The molecule has 0 amide bonds. The molecule has 0 aliphatic carbocycles. The molecular weight excluding hydrogens is 228 g/mol. The number of ether oxygens (including phenoxy) is 1. The fourth-order valence-electron chi connectivity index (χ4n) is 1.30. The van der Waals surface area contributed by atoms with Crippen LogP contribution >= 0.6 is 0 Å². The van der Waals surface area contributed by atoms with Crippen LogP contribution in [0.5, 0.6) is 0 Å². The van der Waals surface area contributed by atoms with Crippen LogP contribution in [0.15, 0.2) is 48.6 Å². The maximum absolute atomic E-state index is 11.3. The maximum Gasteiger partial charge on any atom is 0.305 e. The number of methoxy groups -OCH3 is 1. The Labute approximate surface area is 107 Å². The molecule has 0 saturated carbocycles. The number of carbonyl (C=O) groups is 2. The Bertz CT molecular complexity index is 444. The van der Waals surface area contributed by atoms with Crippen molar-refractivity contribution < 1.29 is 14.3 Å². The first-order valence-corrected chi connectivity index (χ1v) is 5.72. The van der Waals surface area contributed by atoms with E-state index >= 15 is 0 Å². The number of ketones is 1. The Morgan fingerprint density at radius 3 is 2.50 bits per heavy atom. The number of hydrogen-bond donors (Lipinski definition) is 0. The number of allylic oxidation sites excluding steroid dienone is 3. The Balaban J connectivity index is 2.34. The summed E-state index contributed by atoms with van der Waals surface area (Å²) in [6.07, 6.45) is 7.15. The summed E-state index contributed by atoms with van der Waals surface area (Å²) in [6, 6.07) is 9.80. The van der Waals surface area contributed by atoms with E-state index in [9.17, 15) is 9.59 Å². The second kappa shape index (κ2) is 8.01. The molecule has 0 atom stereocenters. The van der Waals surface area contributed by atoms with Gasteiger partial charge in [-0.05, 0) is 11.6 Å². The molecule has 0 spiro atoms. The molecule has 1 aromatic carbocycles. The third-order valence-corrected chi connectivity index (χ3v) is 2.28. The van der Waals surface area contributed by atoms with E-state index < -0.39 is 0 Å². The summed E-state index contributed by atoms with van der Waals surface area (Å²) in [5, 5.41) is 0. The predicted molar refractivity (Wildman–Crippen MR) is 70.9 cm³/mol. The molecule has 0 fully saturated rings. The highest BCUT2D eigenvalue weighted by Gasteiger charge is 2.02. The first-order chi connectivity index (χ1) is 8.72. The lowest BCUT2D eigenvalue weighted by Gasteiger charge is -1.94. The van der Waals surface area contributed by atoms with Gasteiger partial charge in [-0.15, -0.1) is 0 Å².